The van der Waals surface area contributed by atoms with Gasteiger partial charge in [-0.3, -0.25) is 10.1 Å². The highest BCUT2D eigenvalue weighted by atomic mass is 32.2. The first-order chi connectivity index (χ1) is 14.6. The van der Waals surface area contributed by atoms with Crippen LogP contribution in [0.25, 0.3) is 0 Å². The van der Waals surface area contributed by atoms with Crippen LogP contribution in [0, 0.1) is 6.92 Å². The molecule has 0 saturated carbocycles. The molecule has 1 amide bonds. The van der Waals surface area contributed by atoms with Crippen molar-refractivity contribution in [1.29, 1.82) is 0 Å². The third-order valence-corrected chi connectivity index (χ3v) is 5.90. The molecule has 9 heteroatoms. The number of carbonyl (C=O) groups is 1. The molecular weight excluding hydrogens is 422 g/mol. The maximum Gasteiger partial charge on any atom is 0.264 e. The Bertz CT molecular complexity index is 947. The van der Waals surface area contributed by atoms with Crippen molar-refractivity contribution < 1.29 is 19.0 Å². The fourth-order valence-electron chi connectivity index (χ4n) is 2.43. The predicted molar refractivity (Wildman–Crippen MR) is 120 cm³/mol. The van der Waals surface area contributed by atoms with Gasteiger partial charge in [0.05, 0.1) is 13.7 Å². The molecule has 0 fully saturated rings. The molecule has 0 aliphatic rings. The van der Waals surface area contributed by atoms with Crippen molar-refractivity contribution >= 4 is 34.1 Å². The molecule has 1 heterocycles. The van der Waals surface area contributed by atoms with Gasteiger partial charge in [-0.1, -0.05) is 29.5 Å². The van der Waals surface area contributed by atoms with Crippen molar-refractivity contribution in [1.82, 2.24) is 10.2 Å². The summed E-state index contributed by atoms with van der Waals surface area (Å²) in [5, 5.41) is 12.2. The van der Waals surface area contributed by atoms with Gasteiger partial charge in [-0.25, -0.2) is 0 Å². The molecule has 0 unspecified atom stereocenters. The van der Waals surface area contributed by atoms with E-state index in [1.807, 2.05) is 55.5 Å². The summed E-state index contributed by atoms with van der Waals surface area (Å²) in [6.07, 6.45) is 0. The maximum atomic E-state index is 12.1. The van der Waals surface area contributed by atoms with Gasteiger partial charge in [0.25, 0.3) is 5.91 Å². The highest BCUT2D eigenvalue weighted by Gasteiger charge is 2.10. The minimum Gasteiger partial charge on any atom is -0.497 e. The fraction of sp³-hybridized carbons (Fsp3) is 0.286. The molecule has 0 atom stereocenters. The summed E-state index contributed by atoms with van der Waals surface area (Å²) in [7, 11) is 1.64. The third-order valence-electron chi connectivity index (χ3n) is 3.95. The number of hydrogen-bond acceptors (Lipinski definition) is 8. The Hall–Kier alpha value is -2.78. The number of amides is 1. The van der Waals surface area contributed by atoms with Gasteiger partial charge in [-0.2, -0.15) is 11.8 Å². The van der Waals surface area contributed by atoms with E-state index < -0.39 is 0 Å². The second-order valence-electron chi connectivity index (χ2n) is 6.18. The Morgan fingerprint density at radius 2 is 1.83 bits per heavy atom. The molecule has 0 aliphatic carbocycles. The van der Waals surface area contributed by atoms with Crippen LogP contribution in [0.3, 0.4) is 0 Å². The average Bonchev–Trinajstić information content (AvgIpc) is 3.20. The van der Waals surface area contributed by atoms with Crippen LogP contribution in [-0.4, -0.2) is 42.2 Å². The van der Waals surface area contributed by atoms with Crippen molar-refractivity contribution in [3.8, 4) is 17.2 Å². The van der Waals surface area contributed by atoms with E-state index in [0.29, 0.717) is 23.2 Å². The standard InChI is InChI=1S/C21H23N3O4S2/c1-15-5-3-4-6-18(15)28-13-19(25)22-21-24-23-20(30-21)14-29-12-11-27-17-9-7-16(26-2)8-10-17/h3-10H,11-14H2,1-2H3,(H,22,24,25). The van der Waals surface area contributed by atoms with E-state index in [1.54, 1.807) is 18.9 Å². The molecule has 0 aliphatic heterocycles. The monoisotopic (exact) mass is 445 g/mol. The number of nitrogens with zero attached hydrogens (tertiary/aromatic N) is 2. The SMILES string of the molecule is COc1ccc(OCCSCc2nnc(NC(=O)COc3ccccc3C)s2)cc1. The summed E-state index contributed by atoms with van der Waals surface area (Å²) < 4.78 is 16.4. The molecule has 7 nitrogen and oxygen atoms in total. The molecule has 1 N–H and O–H groups in total. The number of thioether (sulfide) groups is 1. The lowest BCUT2D eigenvalue weighted by Gasteiger charge is -2.07. The van der Waals surface area contributed by atoms with Gasteiger partial charge in [0.2, 0.25) is 5.13 Å². The molecule has 0 spiro atoms. The Labute approximate surface area is 183 Å². The Morgan fingerprint density at radius 3 is 2.60 bits per heavy atom. The maximum absolute atomic E-state index is 12.1. The number of aryl methyl sites for hydroxylation is 1. The zero-order valence-electron chi connectivity index (χ0n) is 16.8. The van der Waals surface area contributed by atoms with Crippen LogP contribution in [0.4, 0.5) is 5.13 Å². The molecule has 1 aromatic heterocycles. The molecule has 3 aromatic rings. The molecule has 30 heavy (non-hydrogen) atoms. The summed E-state index contributed by atoms with van der Waals surface area (Å²) in [6, 6.07) is 15.1. The molecule has 0 bridgehead atoms. The Morgan fingerprint density at radius 1 is 1.07 bits per heavy atom. The highest BCUT2D eigenvalue weighted by Crippen LogP contribution is 2.21. The average molecular weight is 446 g/mol. The van der Waals surface area contributed by atoms with Gasteiger partial charge in [-0.05, 0) is 42.8 Å². The predicted octanol–water partition coefficient (Wildman–Crippen LogP) is 4.18. The number of methoxy groups -OCH3 is 1. The van der Waals surface area contributed by atoms with E-state index in [1.165, 1.54) is 11.3 Å². The number of aromatic nitrogens is 2. The van der Waals surface area contributed by atoms with Gasteiger partial charge >= 0.3 is 0 Å². The first-order valence-electron chi connectivity index (χ1n) is 9.29. The number of nitrogens with one attached hydrogen (secondary N) is 1. The highest BCUT2D eigenvalue weighted by molar-refractivity contribution is 7.98. The lowest BCUT2D eigenvalue weighted by molar-refractivity contribution is -0.118. The van der Waals surface area contributed by atoms with Crippen LogP contribution in [0.5, 0.6) is 17.2 Å². The van der Waals surface area contributed by atoms with E-state index in [4.69, 9.17) is 14.2 Å². The fourth-order valence-corrected chi connectivity index (χ4v) is 4.04. The van der Waals surface area contributed by atoms with Crippen molar-refractivity contribution in [2.45, 2.75) is 12.7 Å². The zero-order chi connectivity index (χ0) is 21.2. The second-order valence-corrected chi connectivity index (χ2v) is 8.35. The van der Waals surface area contributed by atoms with E-state index in [-0.39, 0.29) is 12.5 Å². The normalized spacial score (nSPS) is 10.5. The minimum absolute atomic E-state index is 0.0722. The van der Waals surface area contributed by atoms with Crippen LogP contribution in [0.1, 0.15) is 10.6 Å². The van der Waals surface area contributed by atoms with E-state index in [2.05, 4.69) is 15.5 Å². The molecule has 158 valence electrons. The number of para-hydroxylation sites is 1. The Balaban J connectivity index is 1.33. The van der Waals surface area contributed by atoms with Gasteiger partial charge < -0.3 is 14.2 Å². The van der Waals surface area contributed by atoms with Gasteiger partial charge in [0.1, 0.15) is 22.3 Å². The van der Waals surface area contributed by atoms with Crippen LogP contribution >= 0.6 is 23.1 Å². The number of carbonyl (C=O) groups excluding carboxylic acids is 1. The van der Waals surface area contributed by atoms with Crippen molar-refractivity contribution in [2.24, 2.45) is 0 Å². The van der Waals surface area contributed by atoms with Crippen LogP contribution < -0.4 is 19.5 Å². The van der Waals surface area contributed by atoms with Crippen molar-refractivity contribution in [3.63, 3.8) is 0 Å². The van der Waals surface area contributed by atoms with E-state index in [0.717, 1.165) is 27.8 Å². The quantitative estimate of drug-likeness (QED) is 0.443. The largest absolute Gasteiger partial charge is 0.497 e. The van der Waals surface area contributed by atoms with Gasteiger partial charge in [0.15, 0.2) is 6.61 Å². The first kappa shape index (κ1) is 21.9. The minimum atomic E-state index is -0.263. The van der Waals surface area contributed by atoms with E-state index in [9.17, 15) is 4.79 Å². The van der Waals surface area contributed by atoms with Crippen LogP contribution in [0.15, 0.2) is 48.5 Å². The van der Waals surface area contributed by atoms with Crippen molar-refractivity contribution in [2.75, 3.05) is 31.4 Å². The number of rotatable bonds is 11. The zero-order valence-corrected chi connectivity index (χ0v) is 18.4. The summed E-state index contributed by atoms with van der Waals surface area (Å²) in [6.45, 7) is 2.46. The number of ether oxygens (including phenoxy) is 3. The summed E-state index contributed by atoms with van der Waals surface area (Å²) in [4.78, 5) is 12.1. The third kappa shape index (κ3) is 6.93. The summed E-state index contributed by atoms with van der Waals surface area (Å²) in [5.41, 5.74) is 0.983. The van der Waals surface area contributed by atoms with Gasteiger partial charge in [-0.15, -0.1) is 10.2 Å². The molecule has 2 aromatic carbocycles. The number of benzene rings is 2. The Kier molecular flexibility index (Phi) is 8.34. The second kappa shape index (κ2) is 11.4. The summed E-state index contributed by atoms with van der Waals surface area (Å²) >= 11 is 3.05. The van der Waals surface area contributed by atoms with Crippen LogP contribution in [-0.2, 0) is 10.5 Å². The van der Waals surface area contributed by atoms with Gasteiger partial charge in [0, 0.05) is 11.5 Å². The molecule has 0 saturated heterocycles. The lowest BCUT2D eigenvalue weighted by atomic mass is 10.2. The molecular formula is C21H23N3O4S2. The molecule has 0 radical (unpaired) electrons. The lowest BCUT2D eigenvalue weighted by Crippen LogP contribution is -2.20. The molecule has 3 rings (SSSR count). The topological polar surface area (TPSA) is 82.6 Å². The summed E-state index contributed by atoms with van der Waals surface area (Å²) in [5.74, 6) is 3.57. The van der Waals surface area contributed by atoms with E-state index >= 15 is 0 Å². The van der Waals surface area contributed by atoms with Crippen molar-refractivity contribution in [3.05, 3.63) is 59.1 Å². The number of anilines is 1. The number of hydrogen-bond donors (Lipinski definition) is 1. The van der Waals surface area contributed by atoms with Crippen LogP contribution in [0.2, 0.25) is 0 Å². The first-order valence-corrected chi connectivity index (χ1v) is 11.3. The smallest absolute Gasteiger partial charge is 0.264 e.